The van der Waals surface area contributed by atoms with E-state index in [0.717, 1.165) is 16.8 Å². The van der Waals surface area contributed by atoms with Crippen LogP contribution in [0.2, 0.25) is 0 Å². The maximum Gasteiger partial charge on any atom is 0.155 e. The third-order valence-electron chi connectivity index (χ3n) is 6.54. The second-order valence-corrected chi connectivity index (χ2v) is 9.41. The number of aromatic nitrogens is 1. The zero-order valence-electron chi connectivity index (χ0n) is 20.1. The topological polar surface area (TPSA) is 50.2 Å². The molecule has 0 saturated carbocycles. The molecule has 0 bridgehead atoms. The molecule has 1 heterocycles. The van der Waals surface area contributed by atoms with Crippen molar-refractivity contribution in [3.8, 4) is 22.4 Å². The molecule has 0 spiro atoms. The van der Waals surface area contributed by atoms with Crippen molar-refractivity contribution in [2.24, 2.45) is 0 Å². The molecule has 0 unspecified atom stereocenters. The molecule has 1 radical (unpaired) electrons. The zero-order valence-corrected chi connectivity index (χ0v) is 22.5. The molecule has 3 nitrogen and oxygen atoms in total. The molecule has 3 aromatic carbocycles. The van der Waals surface area contributed by atoms with Gasteiger partial charge in [-0.3, -0.25) is 9.78 Å². The van der Waals surface area contributed by atoms with E-state index in [1.54, 1.807) is 0 Å². The van der Waals surface area contributed by atoms with E-state index in [1.165, 1.54) is 58.7 Å². The van der Waals surface area contributed by atoms with Gasteiger partial charge in [0.05, 0.1) is 11.3 Å². The Hall–Kier alpha value is -3.33. The van der Waals surface area contributed by atoms with Gasteiger partial charge in [0, 0.05) is 31.6 Å². The van der Waals surface area contributed by atoms with E-state index in [4.69, 9.17) is 10.1 Å². The third kappa shape index (κ3) is 4.40. The van der Waals surface area contributed by atoms with Crippen molar-refractivity contribution in [2.75, 3.05) is 0 Å². The summed E-state index contributed by atoms with van der Waals surface area (Å²) in [7, 11) is 0. The standard InChI is InChI=1S/C26H18N.C5H8O2.Ir/c1-26(2)21-8-4-3-7-19(21)20-13-12-17(14-22(20)26)24-15-18-11-10-16-6-5-9-23(27-24)25(16)18;1-4(6)3-5(2)7;/h3-11,13-15H,1-2H3;3,6H,1-2H3;/q-1;;. The van der Waals surface area contributed by atoms with Gasteiger partial charge in [-0.1, -0.05) is 79.6 Å². The van der Waals surface area contributed by atoms with Crippen LogP contribution in [-0.4, -0.2) is 15.9 Å². The maximum absolute atomic E-state index is 10.0. The minimum absolute atomic E-state index is 0. The largest absolute Gasteiger partial charge is 0.512 e. The fourth-order valence-corrected chi connectivity index (χ4v) is 5.02. The maximum atomic E-state index is 10.0. The van der Waals surface area contributed by atoms with Crippen LogP contribution in [0.1, 0.15) is 49.9 Å². The number of carbonyl (C=O) groups excluding carboxylic acids is 1. The Labute approximate surface area is 219 Å². The smallest absolute Gasteiger partial charge is 0.155 e. The number of allylic oxidation sites excluding steroid dienone is 2. The van der Waals surface area contributed by atoms with E-state index in [-0.39, 0.29) is 37.1 Å². The summed E-state index contributed by atoms with van der Waals surface area (Å²) in [4.78, 5) is 15.0. The molecule has 1 N–H and O–H groups in total. The first kappa shape index (κ1) is 24.8. The van der Waals surface area contributed by atoms with Gasteiger partial charge in [-0.2, -0.15) is 0 Å². The van der Waals surface area contributed by atoms with Crippen LogP contribution in [0.4, 0.5) is 0 Å². The number of fused-ring (bicyclic) bond motifs is 3. The quantitative estimate of drug-likeness (QED) is 0.124. The second kappa shape index (κ2) is 9.37. The van der Waals surface area contributed by atoms with E-state index in [9.17, 15) is 4.79 Å². The van der Waals surface area contributed by atoms with Crippen LogP contribution < -0.4 is 0 Å². The van der Waals surface area contributed by atoms with Gasteiger partial charge in [-0.05, 0) is 47.7 Å². The molecule has 6 rings (SSSR count). The summed E-state index contributed by atoms with van der Waals surface area (Å²) >= 11 is 0. The van der Waals surface area contributed by atoms with Crippen LogP contribution >= 0.6 is 0 Å². The van der Waals surface area contributed by atoms with Crippen LogP contribution in [0.5, 0.6) is 0 Å². The molecule has 1 aromatic heterocycles. The summed E-state index contributed by atoms with van der Waals surface area (Å²) < 4.78 is 0. The van der Waals surface area contributed by atoms with Gasteiger partial charge in [0.15, 0.2) is 5.78 Å². The molecule has 0 amide bonds. The molecule has 0 fully saturated rings. The molecular weight excluding hydrogens is 611 g/mol. The SMILES string of the molecule is CC(=O)C=C(C)O.CC1(C)c2ccccc2-c2c[c-]c(-c3cc4c5c(cccc5n3)C=C4)cc21.[Ir]. The third-order valence-corrected chi connectivity index (χ3v) is 6.54. The molecule has 2 aliphatic rings. The van der Waals surface area contributed by atoms with Gasteiger partial charge in [-0.15, -0.1) is 29.3 Å². The monoisotopic (exact) mass is 637 g/mol. The number of hydrogen-bond donors (Lipinski definition) is 1. The number of benzene rings is 3. The van der Waals surface area contributed by atoms with E-state index in [2.05, 4.69) is 92.7 Å². The molecule has 4 aromatic rings. The molecule has 35 heavy (non-hydrogen) atoms. The number of hydrogen-bond acceptors (Lipinski definition) is 3. The predicted octanol–water partition coefficient (Wildman–Crippen LogP) is 7.53. The number of carbonyl (C=O) groups is 1. The van der Waals surface area contributed by atoms with Gasteiger partial charge < -0.3 is 5.11 Å². The van der Waals surface area contributed by atoms with Crippen molar-refractivity contribution in [1.82, 2.24) is 4.98 Å². The molecular formula is C31H26IrNO2-. The van der Waals surface area contributed by atoms with Crippen LogP contribution in [0.3, 0.4) is 0 Å². The zero-order chi connectivity index (χ0) is 24.0. The minimum atomic E-state index is -0.125. The molecule has 0 atom stereocenters. The van der Waals surface area contributed by atoms with Crippen LogP contribution in [0.15, 0.2) is 72.5 Å². The summed E-state index contributed by atoms with van der Waals surface area (Å²) in [6.45, 7) is 7.47. The van der Waals surface area contributed by atoms with Gasteiger partial charge >= 0.3 is 0 Å². The first-order valence-corrected chi connectivity index (χ1v) is 11.4. The fourth-order valence-electron chi connectivity index (χ4n) is 5.02. The Morgan fingerprint density at radius 2 is 1.69 bits per heavy atom. The summed E-state index contributed by atoms with van der Waals surface area (Å²) in [6.07, 6.45) is 5.53. The number of ketones is 1. The van der Waals surface area contributed by atoms with E-state index in [1.807, 2.05) is 0 Å². The Kier molecular flexibility index (Phi) is 6.64. The number of rotatable bonds is 2. The van der Waals surface area contributed by atoms with E-state index < -0.39 is 0 Å². The molecule has 0 aliphatic heterocycles. The van der Waals surface area contributed by atoms with Gasteiger partial charge in [0.25, 0.3) is 0 Å². The van der Waals surface area contributed by atoms with Gasteiger partial charge in [-0.25, -0.2) is 0 Å². The Bertz CT molecular complexity index is 1520. The van der Waals surface area contributed by atoms with Gasteiger partial charge in [0.1, 0.15) is 0 Å². The number of aliphatic hydroxyl groups is 1. The number of aliphatic hydroxyl groups excluding tert-OH is 1. The van der Waals surface area contributed by atoms with Crippen molar-refractivity contribution < 1.29 is 30.0 Å². The predicted molar refractivity (Wildman–Crippen MR) is 140 cm³/mol. The van der Waals surface area contributed by atoms with E-state index in [0.29, 0.717) is 0 Å². The molecule has 0 saturated heterocycles. The molecule has 2 aliphatic carbocycles. The van der Waals surface area contributed by atoms with Crippen LogP contribution in [0.25, 0.3) is 45.4 Å². The van der Waals surface area contributed by atoms with E-state index >= 15 is 0 Å². The van der Waals surface area contributed by atoms with Crippen molar-refractivity contribution in [2.45, 2.75) is 33.1 Å². The average molecular weight is 637 g/mol. The number of nitrogens with zero attached hydrogens (tertiary/aromatic N) is 1. The van der Waals surface area contributed by atoms with Crippen molar-refractivity contribution in [3.63, 3.8) is 0 Å². The summed E-state index contributed by atoms with van der Waals surface area (Å²) in [5.41, 5.74) is 11.0. The molecule has 177 valence electrons. The summed E-state index contributed by atoms with van der Waals surface area (Å²) in [5, 5.41) is 9.62. The first-order valence-electron chi connectivity index (χ1n) is 11.4. The fraction of sp³-hybridized carbons (Fsp3) is 0.161. The van der Waals surface area contributed by atoms with Gasteiger partial charge in [0.2, 0.25) is 0 Å². The summed E-state index contributed by atoms with van der Waals surface area (Å²) in [5.74, 6) is -0.0625. The van der Waals surface area contributed by atoms with Crippen LogP contribution in [0, 0.1) is 6.07 Å². The molecule has 4 heteroatoms. The minimum Gasteiger partial charge on any atom is -0.512 e. The normalized spacial score (nSPS) is 14.0. The Balaban J connectivity index is 0.000000320. The summed E-state index contributed by atoms with van der Waals surface area (Å²) in [6, 6.07) is 25.2. The first-order chi connectivity index (χ1) is 16.3. The van der Waals surface area contributed by atoms with Crippen molar-refractivity contribution in [3.05, 3.63) is 101 Å². The van der Waals surface area contributed by atoms with Crippen molar-refractivity contribution in [1.29, 1.82) is 0 Å². The average Bonchev–Trinajstić information content (AvgIpc) is 3.32. The van der Waals surface area contributed by atoms with Crippen LogP contribution in [-0.2, 0) is 30.3 Å². The number of pyridine rings is 1. The Morgan fingerprint density at radius 3 is 2.40 bits per heavy atom. The Morgan fingerprint density at radius 1 is 0.943 bits per heavy atom. The second-order valence-electron chi connectivity index (χ2n) is 9.41. The van der Waals surface area contributed by atoms with Crippen molar-refractivity contribution >= 4 is 28.8 Å².